The molecule has 0 bridgehead atoms. The summed E-state index contributed by atoms with van der Waals surface area (Å²) in [6.45, 7) is 0.943. The SMILES string of the molecule is COCCOc1ccc(C(=O)Cc2cc(-c3cccs3)ccc2N)nc1. The zero-order valence-electron chi connectivity index (χ0n) is 14.5. The van der Waals surface area contributed by atoms with Gasteiger partial charge in [-0.3, -0.25) is 4.79 Å². The number of benzene rings is 1. The van der Waals surface area contributed by atoms with Crippen molar-refractivity contribution in [1.29, 1.82) is 0 Å². The highest BCUT2D eigenvalue weighted by molar-refractivity contribution is 7.13. The number of nitrogens with two attached hydrogens (primary N) is 1. The number of ketones is 1. The fourth-order valence-electron chi connectivity index (χ4n) is 2.49. The maximum absolute atomic E-state index is 12.6. The number of thiophene rings is 1. The molecule has 0 fully saturated rings. The molecule has 2 aromatic heterocycles. The predicted molar refractivity (Wildman–Crippen MR) is 104 cm³/mol. The summed E-state index contributed by atoms with van der Waals surface area (Å²) in [5.74, 6) is 0.529. The Bertz CT molecular complexity index is 861. The summed E-state index contributed by atoms with van der Waals surface area (Å²) in [5, 5.41) is 2.02. The summed E-state index contributed by atoms with van der Waals surface area (Å²) in [7, 11) is 1.61. The average Bonchev–Trinajstić information content (AvgIpc) is 3.19. The number of nitrogens with zero attached hydrogens (tertiary/aromatic N) is 1. The summed E-state index contributed by atoms with van der Waals surface area (Å²) in [5.41, 5.74) is 8.93. The van der Waals surface area contributed by atoms with E-state index in [1.54, 1.807) is 36.8 Å². The van der Waals surface area contributed by atoms with Crippen LogP contribution in [0.25, 0.3) is 10.4 Å². The molecule has 0 atom stereocenters. The number of methoxy groups -OCH3 is 1. The summed E-state index contributed by atoms with van der Waals surface area (Å²) in [4.78, 5) is 17.9. The highest BCUT2D eigenvalue weighted by atomic mass is 32.1. The van der Waals surface area contributed by atoms with Crippen molar-refractivity contribution in [3.8, 4) is 16.2 Å². The lowest BCUT2D eigenvalue weighted by Crippen LogP contribution is -2.09. The molecule has 0 radical (unpaired) electrons. The number of carbonyl (C=O) groups is 1. The lowest BCUT2D eigenvalue weighted by atomic mass is 10.0. The molecule has 134 valence electrons. The second-order valence-corrected chi connectivity index (χ2v) is 6.66. The molecule has 0 saturated heterocycles. The van der Waals surface area contributed by atoms with Crippen LogP contribution in [0.15, 0.2) is 54.0 Å². The van der Waals surface area contributed by atoms with Crippen LogP contribution in [0.2, 0.25) is 0 Å². The van der Waals surface area contributed by atoms with E-state index < -0.39 is 0 Å². The Morgan fingerprint density at radius 2 is 2.08 bits per heavy atom. The number of pyridine rings is 1. The van der Waals surface area contributed by atoms with Gasteiger partial charge in [-0.1, -0.05) is 12.1 Å². The molecule has 5 nitrogen and oxygen atoms in total. The van der Waals surface area contributed by atoms with Crippen molar-refractivity contribution in [2.45, 2.75) is 6.42 Å². The molecule has 2 N–H and O–H groups in total. The second-order valence-electron chi connectivity index (χ2n) is 5.71. The molecule has 0 unspecified atom stereocenters. The van der Waals surface area contributed by atoms with E-state index in [1.165, 1.54) is 0 Å². The van der Waals surface area contributed by atoms with Crippen molar-refractivity contribution < 1.29 is 14.3 Å². The van der Waals surface area contributed by atoms with Crippen molar-refractivity contribution in [1.82, 2.24) is 4.98 Å². The predicted octanol–water partition coefficient (Wildman–Crippen LogP) is 3.84. The number of ether oxygens (including phenoxy) is 2. The molecule has 3 rings (SSSR count). The molecule has 0 spiro atoms. The molecule has 0 saturated carbocycles. The van der Waals surface area contributed by atoms with Crippen molar-refractivity contribution >= 4 is 22.8 Å². The normalized spacial score (nSPS) is 10.7. The molecular formula is C20H20N2O3S. The van der Waals surface area contributed by atoms with Crippen molar-refractivity contribution in [2.24, 2.45) is 0 Å². The fraction of sp³-hybridized carbons (Fsp3) is 0.200. The first kappa shape index (κ1) is 18.1. The van der Waals surface area contributed by atoms with Gasteiger partial charge in [0, 0.05) is 24.1 Å². The fourth-order valence-corrected chi connectivity index (χ4v) is 3.22. The van der Waals surface area contributed by atoms with Gasteiger partial charge >= 0.3 is 0 Å². The minimum Gasteiger partial charge on any atom is -0.490 e. The lowest BCUT2D eigenvalue weighted by Gasteiger charge is -2.08. The first-order chi connectivity index (χ1) is 12.7. The van der Waals surface area contributed by atoms with Gasteiger partial charge in [-0.05, 0) is 46.8 Å². The Hall–Kier alpha value is -2.70. The number of hydrogen-bond acceptors (Lipinski definition) is 6. The van der Waals surface area contributed by atoms with E-state index >= 15 is 0 Å². The van der Waals surface area contributed by atoms with E-state index in [4.69, 9.17) is 15.2 Å². The Morgan fingerprint density at radius 1 is 1.19 bits per heavy atom. The summed E-state index contributed by atoms with van der Waals surface area (Å²) >= 11 is 1.65. The highest BCUT2D eigenvalue weighted by Gasteiger charge is 2.12. The van der Waals surface area contributed by atoms with Gasteiger partial charge in [0.15, 0.2) is 5.78 Å². The Kier molecular flexibility index (Phi) is 5.99. The monoisotopic (exact) mass is 368 g/mol. The summed E-state index contributed by atoms with van der Waals surface area (Å²) in [6, 6.07) is 13.2. The van der Waals surface area contributed by atoms with Crippen LogP contribution in [-0.2, 0) is 11.2 Å². The molecular weight excluding hydrogens is 348 g/mol. The zero-order chi connectivity index (χ0) is 18.4. The van der Waals surface area contributed by atoms with Gasteiger partial charge in [-0.15, -0.1) is 11.3 Å². The molecule has 26 heavy (non-hydrogen) atoms. The first-order valence-electron chi connectivity index (χ1n) is 8.20. The van der Waals surface area contributed by atoms with Crippen molar-refractivity contribution in [3.63, 3.8) is 0 Å². The number of rotatable bonds is 8. The van der Waals surface area contributed by atoms with E-state index in [0.717, 1.165) is 16.0 Å². The number of carbonyl (C=O) groups excluding carboxylic acids is 1. The number of hydrogen-bond donors (Lipinski definition) is 1. The quantitative estimate of drug-likeness (QED) is 0.371. The third-order valence-electron chi connectivity index (χ3n) is 3.88. The molecule has 0 aliphatic heterocycles. The zero-order valence-corrected chi connectivity index (χ0v) is 15.3. The molecule has 3 aromatic rings. The highest BCUT2D eigenvalue weighted by Crippen LogP contribution is 2.28. The van der Waals surface area contributed by atoms with Gasteiger partial charge in [-0.2, -0.15) is 0 Å². The first-order valence-corrected chi connectivity index (χ1v) is 9.08. The minimum absolute atomic E-state index is 0.0801. The van der Waals surface area contributed by atoms with Crippen LogP contribution in [0.1, 0.15) is 16.1 Å². The molecule has 0 aliphatic rings. The molecule has 0 amide bonds. The Morgan fingerprint density at radius 3 is 2.77 bits per heavy atom. The van der Waals surface area contributed by atoms with Crippen LogP contribution in [0.5, 0.6) is 5.75 Å². The van der Waals surface area contributed by atoms with E-state index in [-0.39, 0.29) is 12.2 Å². The van der Waals surface area contributed by atoms with Crippen molar-refractivity contribution in [2.75, 3.05) is 26.1 Å². The molecule has 1 aromatic carbocycles. The Balaban J connectivity index is 1.70. The van der Waals surface area contributed by atoms with E-state index in [0.29, 0.717) is 30.3 Å². The van der Waals surface area contributed by atoms with Crippen LogP contribution in [0.4, 0.5) is 5.69 Å². The average molecular weight is 368 g/mol. The number of nitrogen functional groups attached to an aromatic ring is 1. The van der Waals surface area contributed by atoms with Crippen molar-refractivity contribution in [3.05, 3.63) is 65.3 Å². The molecule has 2 heterocycles. The maximum atomic E-state index is 12.6. The van der Waals surface area contributed by atoms with Gasteiger partial charge < -0.3 is 15.2 Å². The summed E-state index contributed by atoms with van der Waals surface area (Å²) in [6.07, 6.45) is 1.76. The summed E-state index contributed by atoms with van der Waals surface area (Å²) < 4.78 is 10.4. The van der Waals surface area contributed by atoms with E-state index in [1.807, 2.05) is 35.7 Å². The van der Waals surface area contributed by atoms with Gasteiger partial charge in [0.05, 0.1) is 12.8 Å². The molecule has 6 heteroatoms. The topological polar surface area (TPSA) is 74.4 Å². The van der Waals surface area contributed by atoms with Gasteiger partial charge in [-0.25, -0.2) is 4.98 Å². The van der Waals surface area contributed by atoms with E-state index in [2.05, 4.69) is 4.98 Å². The van der Waals surface area contributed by atoms with Gasteiger partial charge in [0.1, 0.15) is 18.1 Å². The maximum Gasteiger partial charge on any atom is 0.185 e. The van der Waals surface area contributed by atoms with Crippen LogP contribution < -0.4 is 10.5 Å². The number of aromatic nitrogens is 1. The molecule has 0 aliphatic carbocycles. The number of Topliss-reactive ketones (excluding diaryl/α,β-unsaturated/α-hetero) is 1. The van der Waals surface area contributed by atoms with Crippen LogP contribution >= 0.6 is 11.3 Å². The van der Waals surface area contributed by atoms with Crippen LogP contribution in [0.3, 0.4) is 0 Å². The van der Waals surface area contributed by atoms with E-state index in [9.17, 15) is 4.79 Å². The smallest absolute Gasteiger partial charge is 0.185 e. The second kappa shape index (κ2) is 8.60. The minimum atomic E-state index is -0.0801. The van der Waals surface area contributed by atoms with Gasteiger partial charge in [0.25, 0.3) is 0 Å². The Labute approximate surface area is 156 Å². The lowest BCUT2D eigenvalue weighted by molar-refractivity contribution is 0.0988. The number of anilines is 1. The standard InChI is InChI=1S/C20H20N2O3S/c1-24-8-9-25-16-5-7-18(22-13-16)19(23)12-15-11-14(4-6-17(15)21)20-3-2-10-26-20/h2-7,10-11,13H,8-9,12,21H2,1H3. The third kappa shape index (κ3) is 4.47. The van der Waals surface area contributed by atoms with Crippen LogP contribution in [0, 0.1) is 0 Å². The van der Waals surface area contributed by atoms with Crippen LogP contribution in [-0.4, -0.2) is 31.1 Å². The third-order valence-corrected chi connectivity index (χ3v) is 4.80. The largest absolute Gasteiger partial charge is 0.490 e. The van der Waals surface area contributed by atoms with Gasteiger partial charge in [0.2, 0.25) is 0 Å².